The highest BCUT2D eigenvalue weighted by atomic mass is 16.5. The summed E-state index contributed by atoms with van der Waals surface area (Å²) in [6.45, 7) is 4.53. The summed E-state index contributed by atoms with van der Waals surface area (Å²) in [7, 11) is 0. The van der Waals surface area contributed by atoms with Crippen LogP contribution in [0.1, 0.15) is 97.3 Å². The van der Waals surface area contributed by atoms with Gasteiger partial charge in [0.05, 0.1) is 23.7 Å². The molecule has 0 amide bonds. The quantitative estimate of drug-likeness (QED) is 0.511. The van der Waals surface area contributed by atoms with E-state index in [0.717, 1.165) is 69.8 Å². The number of carbonyl (C=O) groups excluding carboxylic acids is 1. The molecule has 3 N–H and O–H groups in total. The molecule has 0 bridgehead atoms. The minimum atomic E-state index is -0.829. The zero-order valence-corrected chi connectivity index (χ0v) is 20.6. The van der Waals surface area contributed by atoms with Crippen LogP contribution in [0.15, 0.2) is 23.3 Å². The number of hydrogen-bond donors (Lipinski definition) is 3. The predicted octanol–water partition coefficient (Wildman–Crippen LogP) is 4.84. The van der Waals surface area contributed by atoms with E-state index >= 15 is 0 Å². The molecular formula is C28H44O5. The van der Waals surface area contributed by atoms with Gasteiger partial charge in [-0.3, -0.25) is 4.79 Å². The van der Waals surface area contributed by atoms with Crippen molar-refractivity contribution in [1.82, 2.24) is 0 Å². The zero-order valence-electron chi connectivity index (χ0n) is 20.6. The maximum atomic E-state index is 13.0. The van der Waals surface area contributed by atoms with Crippen molar-refractivity contribution in [3.05, 3.63) is 23.3 Å². The van der Waals surface area contributed by atoms with Crippen LogP contribution in [0, 0.1) is 23.2 Å². The Morgan fingerprint density at radius 2 is 1.76 bits per heavy atom. The maximum Gasteiger partial charge on any atom is 0.309 e. The molecule has 0 radical (unpaired) electrons. The molecule has 5 heteroatoms. The molecule has 4 rings (SSSR count). The van der Waals surface area contributed by atoms with E-state index in [-0.39, 0.29) is 23.9 Å². The molecule has 0 saturated heterocycles. The number of fused-ring (bicyclic) bond motifs is 1. The van der Waals surface area contributed by atoms with E-state index in [1.165, 1.54) is 5.57 Å². The lowest BCUT2D eigenvalue weighted by Gasteiger charge is -2.44. The number of rotatable bonds is 5. The lowest BCUT2D eigenvalue weighted by molar-refractivity contribution is -0.161. The average Bonchev–Trinajstić information content (AvgIpc) is 3.13. The third-order valence-electron chi connectivity index (χ3n) is 9.35. The van der Waals surface area contributed by atoms with Crippen molar-refractivity contribution in [2.45, 2.75) is 115 Å². The van der Waals surface area contributed by atoms with Gasteiger partial charge in [-0.25, -0.2) is 0 Å². The van der Waals surface area contributed by atoms with Gasteiger partial charge < -0.3 is 20.1 Å². The van der Waals surface area contributed by atoms with Crippen LogP contribution in [0.3, 0.4) is 0 Å². The summed E-state index contributed by atoms with van der Waals surface area (Å²) in [6, 6.07) is 0. The Morgan fingerprint density at radius 3 is 2.45 bits per heavy atom. The number of ether oxygens (including phenoxy) is 1. The molecule has 6 atom stereocenters. The minimum Gasteiger partial charge on any atom is -0.462 e. The van der Waals surface area contributed by atoms with Crippen LogP contribution in [0.2, 0.25) is 0 Å². The van der Waals surface area contributed by atoms with Crippen molar-refractivity contribution in [3.8, 4) is 0 Å². The highest BCUT2D eigenvalue weighted by Crippen LogP contribution is 2.59. The van der Waals surface area contributed by atoms with E-state index in [4.69, 9.17) is 4.74 Å². The van der Waals surface area contributed by atoms with E-state index in [9.17, 15) is 20.1 Å². The van der Waals surface area contributed by atoms with Crippen LogP contribution < -0.4 is 0 Å². The van der Waals surface area contributed by atoms with E-state index in [2.05, 4.69) is 19.1 Å². The molecule has 4 fully saturated rings. The summed E-state index contributed by atoms with van der Waals surface area (Å²) in [6.07, 6.45) is 15.4. The fraction of sp³-hybridized carbons (Fsp3) is 0.821. The molecule has 4 saturated carbocycles. The number of carbonyl (C=O) groups is 1. The van der Waals surface area contributed by atoms with Gasteiger partial charge in [0.15, 0.2) is 0 Å². The molecule has 0 aromatic rings. The zero-order chi connectivity index (χ0) is 23.6. The van der Waals surface area contributed by atoms with E-state index < -0.39 is 17.8 Å². The van der Waals surface area contributed by atoms with Crippen LogP contribution in [0.4, 0.5) is 0 Å². The topological polar surface area (TPSA) is 87.0 Å². The molecule has 0 spiro atoms. The van der Waals surface area contributed by atoms with Gasteiger partial charge in [0.25, 0.3) is 0 Å². The molecule has 33 heavy (non-hydrogen) atoms. The van der Waals surface area contributed by atoms with Crippen LogP contribution in [-0.4, -0.2) is 45.7 Å². The van der Waals surface area contributed by atoms with Crippen molar-refractivity contribution in [3.63, 3.8) is 0 Å². The molecule has 0 aliphatic heterocycles. The molecule has 0 unspecified atom stereocenters. The number of esters is 1. The molecule has 4 aliphatic rings. The summed E-state index contributed by atoms with van der Waals surface area (Å²) < 4.78 is 5.70. The predicted molar refractivity (Wildman–Crippen MR) is 128 cm³/mol. The largest absolute Gasteiger partial charge is 0.462 e. The number of aliphatic hydroxyl groups is 3. The lowest BCUT2D eigenvalue weighted by Crippen LogP contribution is -2.41. The Kier molecular flexibility index (Phi) is 7.72. The normalized spacial score (nSPS) is 38.6. The highest BCUT2D eigenvalue weighted by Gasteiger charge is 2.52. The van der Waals surface area contributed by atoms with Gasteiger partial charge in [-0.05, 0) is 81.5 Å². The molecule has 0 heterocycles. The standard InChI is InChI=1S/C28H44O5/c1-19(26(31)33-18-28(32)13-4-3-5-14-28)24-10-11-25-21(7-6-12-27(24,25)2)9-8-20-15-22(29)17-23(30)16-20/h8-9,19,22-25,29-30,32H,3-7,10-18H2,1-2H3/b21-9+/t19-,22+,23+,24+,25-,27+/m0/s1. The average molecular weight is 461 g/mol. The molecule has 0 aromatic carbocycles. The van der Waals surface area contributed by atoms with Gasteiger partial charge in [0.2, 0.25) is 0 Å². The first kappa shape index (κ1) is 24.9. The molecule has 5 nitrogen and oxygen atoms in total. The minimum absolute atomic E-state index is 0.0916. The number of allylic oxidation sites excluding steroid dienone is 3. The fourth-order valence-corrected chi connectivity index (χ4v) is 7.49. The van der Waals surface area contributed by atoms with E-state index in [0.29, 0.717) is 31.1 Å². The molecular weight excluding hydrogens is 416 g/mol. The number of aliphatic hydroxyl groups excluding tert-OH is 2. The Hall–Kier alpha value is -1.17. The molecule has 4 aliphatic carbocycles. The van der Waals surface area contributed by atoms with Crippen molar-refractivity contribution >= 4 is 5.97 Å². The Labute approximate surface area is 199 Å². The Bertz CT molecular complexity index is 752. The first-order chi connectivity index (χ1) is 15.7. The Balaban J connectivity index is 1.41. The summed E-state index contributed by atoms with van der Waals surface area (Å²) in [5.74, 6) is 0.466. The summed E-state index contributed by atoms with van der Waals surface area (Å²) in [5.41, 5.74) is 1.86. The first-order valence-corrected chi connectivity index (χ1v) is 13.3. The van der Waals surface area contributed by atoms with Crippen molar-refractivity contribution in [2.24, 2.45) is 23.2 Å². The Morgan fingerprint density at radius 1 is 1.06 bits per heavy atom. The third kappa shape index (κ3) is 5.57. The van der Waals surface area contributed by atoms with Crippen LogP contribution in [0.5, 0.6) is 0 Å². The second-order valence-corrected chi connectivity index (χ2v) is 11.8. The fourth-order valence-electron chi connectivity index (χ4n) is 7.49. The van der Waals surface area contributed by atoms with E-state index in [1.54, 1.807) is 0 Å². The van der Waals surface area contributed by atoms with Crippen LogP contribution in [0.25, 0.3) is 0 Å². The smallest absolute Gasteiger partial charge is 0.309 e. The monoisotopic (exact) mass is 460 g/mol. The van der Waals surface area contributed by atoms with Gasteiger partial charge in [-0.1, -0.05) is 56.4 Å². The third-order valence-corrected chi connectivity index (χ3v) is 9.35. The summed E-state index contributed by atoms with van der Waals surface area (Å²) in [4.78, 5) is 13.0. The summed E-state index contributed by atoms with van der Waals surface area (Å²) >= 11 is 0. The van der Waals surface area contributed by atoms with Crippen molar-refractivity contribution in [1.29, 1.82) is 0 Å². The van der Waals surface area contributed by atoms with Crippen LogP contribution >= 0.6 is 0 Å². The van der Waals surface area contributed by atoms with Gasteiger partial charge >= 0.3 is 5.97 Å². The second-order valence-electron chi connectivity index (χ2n) is 11.8. The van der Waals surface area contributed by atoms with Gasteiger partial charge in [0, 0.05) is 0 Å². The highest BCUT2D eigenvalue weighted by molar-refractivity contribution is 5.72. The number of hydrogen-bond acceptors (Lipinski definition) is 5. The van der Waals surface area contributed by atoms with Gasteiger partial charge in [-0.2, -0.15) is 0 Å². The van der Waals surface area contributed by atoms with Crippen LogP contribution in [-0.2, 0) is 9.53 Å². The van der Waals surface area contributed by atoms with Gasteiger partial charge in [-0.15, -0.1) is 0 Å². The van der Waals surface area contributed by atoms with E-state index in [1.807, 2.05) is 6.92 Å². The SMILES string of the molecule is C[C@H](C(=O)OCC1(O)CCCCC1)[C@H]1CC[C@H]2/C(=C/C=C3C[C@@H](O)C[C@H](O)C3)CCC[C@]12C. The van der Waals surface area contributed by atoms with Crippen molar-refractivity contribution in [2.75, 3.05) is 6.61 Å². The molecule has 186 valence electrons. The second kappa shape index (κ2) is 10.2. The van der Waals surface area contributed by atoms with Crippen molar-refractivity contribution < 1.29 is 24.9 Å². The van der Waals surface area contributed by atoms with Gasteiger partial charge in [0.1, 0.15) is 6.61 Å². The lowest BCUT2D eigenvalue weighted by atomic mass is 9.61. The first-order valence-electron chi connectivity index (χ1n) is 13.3. The molecule has 0 aromatic heterocycles. The summed E-state index contributed by atoms with van der Waals surface area (Å²) in [5, 5.41) is 30.7. The maximum absolute atomic E-state index is 13.0.